The Morgan fingerprint density at radius 3 is 2.61 bits per heavy atom. The van der Waals surface area contributed by atoms with Crippen LogP contribution in [-0.2, 0) is 0 Å². The zero-order chi connectivity index (χ0) is 23.5. The minimum Gasteiger partial charge on any atom is -0.497 e. The van der Waals surface area contributed by atoms with Gasteiger partial charge in [-0.1, -0.05) is 25.2 Å². The second kappa shape index (κ2) is 10.1. The number of anilines is 1. The van der Waals surface area contributed by atoms with Crippen molar-refractivity contribution in [2.24, 2.45) is 5.92 Å². The minimum absolute atomic E-state index is 0.0184. The molecule has 2 aromatic rings. The van der Waals surface area contributed by atoms with Crippen molar-refractivity contribution in [2.45, 2.75) is 20.3 Å². The number of carbonyl (C=O) groups excluding carboxylic acids is 2. The van der Waals surface area contributed by atoms with E-state index in [0.29, 0.717) is 55.0 Å². The molecule has 0 bridgehead atoms. The monoisotopic (exact) mass is 534 g/mol. The summed E-state index contributed by atoms with van der Waals surface area (Å²) >= 11 is 4.83. The van der Waals surface area contributed by atoms with E-state index >= 15 is 0 Å². The fourth-order valence-corrected chi connectivity index (χ4v) is 5.04. The zero-order valence-electron chi connectivity index (χ0n) is 18.9. The molecular formula is C23H27BrN4O4S. The number of nitrogens with zero attached hydrogens (tertiary/aromatic N) is 3. The first kappa shape index (κ1) is 23.6. The Bertz CT molecular complexity index is 1070. The molecule has 0 unspecified atom stereocenters. The molecule has 0 saturated carbocycles. The van der Waals surface area contributed by atoms with Gasteiger partial charge in [0.05, 0.1) is 18.9 Å². The number of methoxy groups -OCH3 is 1. The highest BCUT2D eigenvalue weighted by Gasteiger charge is 2.34. The van der Waals surface area contributed by atoms with Crippen molar-refractivity contribution in [3.63, 3.8) is 0 Å². The van der Waals surface area contributed by atoms with Crippen molar-refractivity contribution in [3.05, 3.63) is 45.6 Å². The molecule has 1 aromatic carbocycles. The summed E-state index contributed by atoms with van der Waals surface area (Å²) in [6.45, 7) is 7.43. The van der Waals surface area contributed by atoms with Crippen LogP contribution in [0.5, 0.6) is 10.8 Å². The molecule has 2 aliphatic rings. The van der Waals surface area contributed by atoms with Crippen molar-refractivity contribution in [1.82, 2.24) is 15.2 Å². The maximum atomic E-state index is 13.1. The van der Waals surface area contributed by atoms with Gasteiger partial charge in [-0.05, 0) is 57.6 Å². The summed E-state index contributed by atoms with van der Waals surface area (Å²) in [6.07, 6.45) is 2.04. The molecule has 33 heavy (non-hydrogen) atoms. The third-order valence-corrected chi connectivity index (χ3v) is 7.27. The van der Waals surface area contributed by atoms with Gasteiger partial charge in [-0.2, -0.15) is 0 Å². The standard InChI is InChI=1S/C23H27BrN4O4S/c1-14(2)6-7-25-23(30)32-20-9-26-22(33-20)28-12-15-10-27(11-16(15)13-28)21(29)18-8-17(31-3)4-5-19(18)24/h4-5,8-9,14H,6-7,10-13H2,1-3H3,(H,25,30). The molecule has 0 saturated heterocycles. The van der Waals surface area contributed by atoms with Crippen LogP contribution in [0.1, 0.15) is 30.6 Å². The van der Waals surface area contributed by atoms with Gasteiger partial charge in [-0.25, -0.2) is 9.78 Å². The molecule has 3 heterocycles. The molecule has 0 fully saturated rings. The van der Waals surface area contributed by atoms with Crippen LogP contribution in [0.15, 0.2) is 40.0 Å². The van der Waals surface area contributed by atoms with Crippen LogP contribution in [0, 0.1) is 5.92 Å². The number of amides is 2. The number of hydrogen-bond donors (Lipinski definition) is 1. The average molecular weight is 535 g/mol. The van der Waals surface area contributed by atoms with E-state index < -0.39 is 6.09 Å². The number of carbonyl (C=O) groups is 2. The fraction of sp³-hybridized carbons (Fsp3) is 0.435. The van der Waals surface area contributed by atoms with E-state index in [0.717, 1.165) is 16.0 Å². The molecule has 8 nitrogen and oxygen atoms in total. The fourth-order valence-electron chi connectivity index (χ4n) is 3.86. The number of aromatic nitrogens is 1. The van der Waals surface area contributed by atoms with Gasteiger partial charge >= 0.3 is 6.09 Å². The van der Waals surface area contributed by atoms with Gasteiger partial charge in [0.15, 0.2) is 5.13 Å². The lowest BCUT2D eigenvalue weighted by molar-refractivity contribution is 0.0793. The number of hydrogen-bond acceptors (Lipinski definition) is 7. The molecule has 176 valence electrons. The van der Waals surface area contributed by atoms with Gasteiger partial charge in [0.25, 0.3) is 5.91 Å². The van der Waals surface area contributed by atoms with Gasteiger partial charge in [-0.15, -0.1) is 0 Å². The predicted octanol–water partition coefficient (Wildman–Crippen LogP) is 4.32. The molecule has 0 atom stereocenters. The van der Waals surface area contributed by atoms with Crippen molar-refractivity contribution in [3.8, 4) is 10.8 Å². The van der Waals surface area contributed by atoms with E-state index in [1.54, 1.807) is 19.4 Å². The Hall–Kier alpha value is -2.59. The van der Waals surface area contributed by atoms with Crippen LogP contribution in [0.3, 0.4) is 0 Å². The maximum Gasteiger partial charge on any atom is 0.413 e. The summed E-state index contributed by atoms with van der Waals surface area (Å²) in [5, 5.41) is 4.04. The zero-order valence-corrected chi connectivity index (χ0v) is 21.3. The van der Waals surface area contributed by atoms with Crippen LogP contribution in [0.2, 0.25) is 0 Å². The van der Waals surface area contributed by atoms with Crippen molar-refractivity contribution >= 4 is 44.4 Å². The molecule has 2 aliphatic heterocycles. The third-order valence-electron chi connectivity index (χ3n) is 5.65. The first-order chi connectivity index (χ1) is 15.8. The molecule has 10 heteroatoms. The Morgan fingerprint density at radius 2 is 1.94 bits per heavy atom. The molecule has 0 radical (unpaired) electrons. The predicted molar refractivity (Wildman–Crippen MR) is 131 cm³/mol. The van der Waals surface area contributed by atoms with Crippen LogP contribution >= 0.6 is 27.3 Å². The highest BCUT2D eigenvalue weighted by molar-refractivity contribution is 9.10. The summed E-state index contributed by atoms with van der Waals surface area (Å²) in [6, 6.07) is 5.41. The highest BCUT2D eigenvalue weighted by atomic mass is 79.9. The van der Waals surface area contributed by atoms with E-state index in [4.69, 9.17) is 9.47 Å². The smallest absolute Gasteiger partial charge is 0.413 e. The summed E-state index contributed by atoms with van der Waals surface area (Å²) in [7, 11) is 1.59. The SMILES string of the molecule is COc1ccc(Br)c(C(=O)N2CC3=C(C2)CN(c2ncc(OC(=O)NCCC(C)C)s2)C3)c1. The number of ether oxygens (including phenoxy) is 2. The summed E-state index contributed by atoms with van der Waals surface area (Å²) in [4.78, 5) is 33.5. The van der Waals surface area contributed by atoms with Gasteiger partial charge in [0.1, 0.15) is 5.75 Å². The van der Waals surface area contributed by atoms with E-state index in [2.05, 4.69) is 45.0 Å². The van der Waals surface area contributed by atoms with E-state index in [9.17, 15) is 9.59 Å². The Kier molecular flexibility index (Phi) is 7.23. The Balaban J connectivity index is 1.31. The Morgan fingerprint density at radius 1 is 1.21 bits per heavy atom. The first-order valence-corrected chi connectivity index (χ1v) is 12.4. The topological polar surface area (TPSA) is 84.0 Å². The maximum absolute atomic E-state index is 13.1. The van der Waals surface area contributed by atoms with E-state index in [1.165, 1.54) is 22.5 Å². The Labute approximate surface area is 205 Å². The highest BCUT2D eigenvalue weighted by Crippen LogP contribution is 2.35. The van der Waals surface area contributed by atoms with Gasteiger partial charge in [0.2, 0.25) is 5.06 Å². The average Bonchev–Trinajstić information content (AvgIpc) is 3.48. The lowest BCUT2D eigenvalue weighted by Crippen LogP contribution is -2.34. The molecule has 4 rings (SSSR count). The summed E-state index contributed by atoms with van der Waals surface area (Å²) in [5.74, 6) is 1.16. The quantitative estimate of drug-likeness (QED) is 0.532. The van der Waals surface area contributed by atoms with Crippen LogP contribution in [0.25, 0.3) is 0 Å². The molecule has 0 spiro atoms. The summed E-state index contributed by atoms with van der Waals surface area (Å²) in [5.41, 5.74) is 3.08. The second-order valence-corrected chi connectivity index (χ2v) is 10.4. The molecule has 0 aliphatic carbocycles. The van der Waals surface area contributed by atoms with Crippen LogP contribution in [-0.4, -0.2) is 61.7 Å². The van der Waals surface area contributed by atoms with Crippen molar-refractivity contribution < 1.29 is 19.1 Å². The molecular weight excluding hydrogens is 508 g/mol. The molecule has 2 amide bonds. The number of nitrogens with one attached hydrogen (secondary N) is 1. The van der Waals surface area contributed by atoms with E-state index in [1.807, 2.05) is 17.0 Å². The molecule has 1 aromatic heterocycles. The van der Waals surface area contributed by atoms with Gasteiger partial charge in [0, 0.05) is 37.2 Å². The normalized spacial score (nSPS) is 15.3. The lowest BCUT2D eigenvalue weighted by Gasteiger charge is -2.23. The second-order valence-electron chi connectivity index (χ2n) is 8.53. The van der Waals surface area contributed by atoms with Crippen LogP contribution in [0.4, 0.5) is 9.93 Å². The number of halogens is 1. The molecule has 1 N–H and O–H groups in total. The largest absolute Gasteiger partial charge is 0.497 e. The van der Waals surface area contributed by atoms with E-state index in [-0.39, 0.29) is 5.91 Å². The number of thiazole rings is 1. The minimum atomic E-state index is -0.453. The summed E-state index contributed by atoms with van der Waals surface area (Å²) < 4.78 is 11.4. The van der Waals surface area contributed by atoms with Crippen LogP contribution < -0.4 is 19.7 Å². The van der Waals surface area contributed by atoms with Gasteiger partial charge in [-0.3, -0.25) is 4.79 Å². The number of benzene rings is 1. The van der Waals surface area contributed by atoms with Gasteiger partial charge < -0.3 is 24.6 Å². The first-order valence-electron chi connectivity index (χ1n) is 10.8. The third kappa shape index (κ3) is 5.50. The number of rotatable bonds is 7. The van der Waals surface area contributed by atoms with Crippen molar-refractivity contribution in [1.29, 1.82) is 0 Å². The lowest BCUT2D eigenvalue weighted by atomic mass is 10.1. The van der Waals surface area contributed by atoms with Crippen molar-refractivity contribution in [2.75, 3.05) is 44.7 Å².